The second-order valence-corrected chi connectivity index (χ2v) is 4.15. The van der Waals surface area contributed by atoms with E-state index in [1.165, 1.54) is 24.4 Å². The summed E-state index contributed by atoms with van der Waals surface area (Å²) in [6.45, 7) is 0. The van der Waals surface area contributed by atoms with Crippen LogP contribution in [0.5, 0.6) is 0 Å². The van der Waals surface area contributed by atoms with Crippen molar-refractivity contribution in [3.8, 4) is 0 Å². The van der Waals surface area contributed by atoms with Gasteiger partial charge in [0.1, 0.15) is 11.6 Å². The van der Waals surface area contributed by atoms with Crippen LogP contribution in [0, 0.1) is 5.82 Å². The maximum absolute atomic E-state index is 13.6. The first-order valence-corrected chi connectivity index (χ1v) is 5.56. The number of benzene rings is 1. The summed E-state index contributed by atoms with van der Waals surface area (Å²) in [6.07, 6.45) is 1.19. The molecule has 19 heavy (non-hydrogen) atoms. The fraction of sp³-hybridized carbons (Fsp3) is 0. The third-order valence-corrected chi connectivity index (χ3v) is 2.59. The van der Waals surface area contributed by atoms with E-state index < -0.39 is 11.8 Å². The third-order valence-electron chi connectivity index (χ3n) is 2.36. The zero-order valence-corrected chi connectivity index (χ0v) is 10.3. The molecule has 0 fully saturated rings. The summed E-state index contributed by atoms with van der Waals surface area (Å²) in [5.74, 6) is -1.57. The molecule has 2 aromatic rings. The highest BCUT2D eigenvalue weighted by atomic mass is 35.5. The van der Waals surface area contributed by atoms with Gasteiger partial charge in [-0.2, -0.15) is 0 Å². The summed E-state index contributed by atoms with van der Waals surface area (Å²) in [5.41, 5.74) is 5.54. The summed E-state index contributed by atoms with van der Waals surface area (Å²) in [7, 11) is 0. The van der Waals surface area contributed by atoms with Crippen LogP contribution >= 0.6 is 11.6 Å². The molecular weight excluding hydrogens is 273 g/mol. The standard InChI is InChI=1S/C12H9ClFN3O2/c13-6-1-2-10(8(14)3-6)17-11-4-7(12(18)19)9(15)5-16-11/h1-5H,15H2,(H,16,17)(H,18,19). The van der Waals surface area contributed by atoms with Gasteiger partial charge in [0.2, 0.25) is 0 Å². The molecule has 5 nitrogen and oxygen atoms in total. The Bertz CT molecular complexity index is 649. The van der Waals surface area contributed by atoms with Crippen molar-refractivity contribution in [1.29, 1.82) is 0 Å². The van der Waals surface area contributed by atoms with Gasteiger partial charge in [0.25, 0.3) is 0 Å². The van der Waals surface area contributed by atoms with Crippen LogP contribution in [0.25, 0.3) is 0 Å². The lowest BCUT2D eigenvalue weighted by Crippen LogP contribution is -2.05. The molecule has 0 saturated carbocycles. The van der Waals surface area contributed by atoms with E-state index in [1.807, 2.05) is 0 Å². The largest absolute Gasteiger partial charge is 0.478 e. The zero-order chi connectivity index (χ0) is 14.0. The van der Waals surface area contributed by atoms with Crippen molar-refractivity contribution >= 4 is 34.8 Å². The summed E-state index contributed by atoms with van der Waals surface area (Å²) >= 11 is 5.63. The number of nitrogens with two attached hydrogens (primary N) is 1. The molecule has 0 radical (unpaired) electrons. The van der Waals surface area contributed by atoms with Gasteiger partial charge in [-0.05, 0) is 24.3 Å². The Morgan fingerprint density at radius 2 is 2.16 bits per heavy atom. The van der Waals surface area contributed by atoms with E-state index in [2.05, 4.69) is 10.3 Å². The SMILES string of the molecule is Nc1cnc(Nc2ccc(Cl)cc2F)cc1C(=O)O. The van der Waals surface area contributed by atoms with Crippen LogP contribution in [0.15, 0.2) is 30.5 Å². The number of nitrogen functional groups attached to an aromatic ring is 1. The molecule has 1 aromatic heterocycles. The number of nitrogens with one attached hydrogen (secondary N) is 1. The van der Waals surface area contributed by atoms with Crippen LogP contribution in [0.1, 0.15) is 10.4 Å². The minimum atomic E-state index is -1.18. The number of aromatic carboxylic acids is 1. The first-order valence-electron chi connectivity index (χ1n) is 5.18. The highest BCUT2D eigenvalue weighted by Gasteiger charge is 2.11. The summed E-state index contributed by atoms with van der Waals surface area (Å²) in [6, 6.07) is 5.30. The molecule has 1 heterocycles. The number of nitrogens with zero attached hydrogens (tertiary/aromatic N) is 1. The molecule has 0 aliphatic carbocycles. The average molecular weight is 282 g/mol. The van der Waals surface area contributed by atoms with Crippen molar-refractivity contribution in [3.05, 3.63) is 46.9 Å². The minimum Gasteiger partial charge on any atom is -0.478 e. The second kappa shape index (κ2) is 5.11. The Morgan fingerprint density at radius 1 is 1.42 bits per heavy atom. The van der Waals surface area contributed by atoms with E-state index in [0.717, 1.165) is 6.07 Å². The van der Waals surface area contributed by atoms with Gasteiger partial charge in [-0.3, -0.25) is 0 Å². The van der Waals surface area contributed by atoms with Crippen molar-refractivity contribution in [2.75, 3.05) is 11.1 Å². The van der Waals surface area contributed by atoms with Crippen LogP contribution in [-0.4, -0.2) is 16.1 Å². The number of hydrogen-bond acceptors (Lipinski definition) is 4. The van der Waals surface area contributed by atoms with E-state index in [1.54, 1.807) is 0 Å². The number of carboxylic acids is 1. The lowest BCUT2D eigenvalue weighted by atomic mass is 10.2. The molecule has 2 rings (SSSR count). The van der Waals surface area contributed by atoms with E-state index in [4.69, 9.17) is 22.4 Å². The fourth-order valence-electron chi connectivity index (χ4n) is 1.45. The van der Waals surface area contributed by atoms with Crippen LogP contribution in [0.4, 0.5) is 21.6 Å². The Kier molecular flexibility index (Phi) is 3.52. The van der Waals surface area contributed by atoms with Crippen molar-refractivity contribution in [3.63, 3.8) is 0 Å². The predicted molar refractivity (Wildman–Crippen MR) is 70.3 cm³/mol. The quantitative estimate of drug-likeness (QED) is 0.805. The smallest absolute Gasteiger partial charge is 0.337 e. The number of halogens is 2. The Balaban J connectivity index is 2.33. The van der Waals surface area contributed by atoms with Gasteiger partial charge in [0.15, 0.2) is 0 Å². The summed E-state index contributed by atoms with van der Waals surface area (Å²) in [5, 5.41) is 11.8. The highest BCUT2D eigenvalue weighted by Crippen LogP contribution is 2.23. The van der Waals surface area contributed by atoms with Crippen LogP contribution in [-0.2, 0) is 0 Å². The number of hydrogen-bond donors (Lipinski definition) is 3. The first-order chi connectivity index (χ1) is 8.97. The van der Waals surface area contributed by atoms with Crippen molar-refractivity contribution in [2.24, 2.45) is 0 Å². The molecule has 0 unspecified atom stereocenters. The normalized spacial score (nSPS) is 10.2. The Morgan fingerprint density at radius 3 is 2.79 bits per heavy atom. The molecule has 0 saturated heterocycles. The van der Waals surface area contributed by atoms with Crippen molar-refractivity contribution in [1.82, 2.24) is 4.98 Å². The van der Waals surface area contributed by atoms with Gasteiger partial charge in [0.05, 0.1) is 23.1 Å². The Hall–Kier alpha value is -2.34. The van der Waals surface area contributed by atoms with E-state index in [-0.39, 0.29) is 27.8 Å². The van der Waals surface area contributed by atoms with Crippen LogP contribution < -0.4 is 11.1 Å². The lowest BCUT2D eigenvalue weighted by Gasteiger charge is -2.08. The molecule has 0 atom stereocenters. The monoisotopic (exact) mass is 281 g/mol. The minimum absolute atomic E-state index is 0.0367. The van der Waals surface area contributed by atoms with Crippen LogP contribution in [0.3, 0.4) is 0 Å². The van der Waals surface area contributed by atoms with Gasteiger partial charge in [-0.25, -0.2) is 14.2 Å². The Labute approximate surface area is 112 Å². The second-order valence-electron chi connectivity index (χ2n) is 3.71. The molecule has 7 heteroatoms. The van der Waals surface area contributed by atoms with Crippen molar-refractivity contribution in [2.45, 2.75) is 0 Å². The number of pyridine rings is 1. The van der Waals surface area contributed by atoms with Gasteiger partial charge in [-0.15, -0.1) is 0 Å². The van der Waals surface area contributed by atoms with Crippen molar-refractivity contribution < 1.29 is 14.3 Å². The zero-order valence-electron chi connectivity index (χ0n) is 9.52. The average Bonchev–Trinajstić information content (AvgIpc) is 2.34. The summed E-state index contributed by atoms with van der Waals surface area (Å²) < 4.78 is 13.6. The molecule has 0 amide bonds. The van der Waals surface area contributed by atoms with Gasteiger partial charge >= 0.3 is 5.97 Å². The first kappa shape index (κ1) is 13.1. The molecule has 1 aromatic carbocycles. The van der Waals surface area contributed by atoms with Gasteiger partial charge in [-0.1, -0.05) is 11.6 Å². The topological polar surface area (TPSA) is 88.2 Å². The van der Waals surface area contributed by atoms with Crippen LogP contribution in [0.2, 0.25) is 5.02 Å². The molecule has 4 N–H and O–H groups in total. The number of anilines is 3. The lowest BCUT2D eigenvalue weighted by molar-refractivity contribution is 0.0698. The molecule has 0 spiro atoms. The number of rotatable bonds is 3. The van der Waals surface area contributed by atoms with E-state index >= 15 is 0 Å². The maximum Gasteiger partial charge on any atom is 0.337 e. The number of carboxylic acid groups (broad SMARTS) is 1. The molecule has 0 aliphatic heterocycles. The van der Waals surface area contributed by atoms with Gasteiger partial charge < -0.3 is 16.2 Å². The van der Waals surface area contributed by atoms with E-state index in [0.29, 0.717) is 0 Å². The molecule has 98 valence electrons. The number of aromatic nitrogens is 1. The maximum atomic E-state index is 13.6. The molecule has 0 bridgehead atoms. The van der Waals surface area contributed by atoms with E-state index in [9.17, 15) is 9.18 Å². The predicted octanol–water partition coefficient (Wildman–Crippen LogP) is 2.90. The fourth-order valence-corrected chi connectivity index (χ4v) is 1.61. The van der Waals surface area contributed by atoms with Gasteiger partial charge in [0, 0.05) is 5.02 Å². The molecule has 0 aliphatic rings. The summed E-state index contributed by atoms with van der Waals surface area (Å²) in [4.78, 5) is 14.8. The third kappa shape index (κ3) is 2.92. The number of carbonyl (C=O) groups is 1. The molecular formula is C12H9ClFN3O2. The highest BCUT2D eigenvalue weighted by molar-refractivity contribution is 6.30.